The second-order valence-electron chi connectivity index (χ2n) is 9.93. The average molecular weight is 511 g/mol. The third kappa shape index (κ3) is 6.16. The first-order valence-electron chi connectivity index (χ1n) is 13.3. The zero-order valence-electron chi connectivity index (χ0n) is 21.6. The van der Waals surface area contributed by atoms with Gasteiger partial charge in [-0.3, -0.25) is 9.69 Å². The van der Waals surface area contributed by atoms with Gasteiger partial charge in [0, 0.05) is 44.8 Å². The van der Waals surface area contributed by atoms with Gasteiger partial charge < -0.3 is 20.3 Å². The predicted molar refractivity (Wildman–Crippen MR) is 148 cm³/mol. The summed E-state index contributed by atoms with van der Waals surface area (Å²) in [6, 6.07) is 19.5. The highest BCUT2D eigenvalue weighted by Gasteiger charge is 2.33. The summed E-state index contributed by atoms with van der Waals surface area (Å²) in [6.07, 6.45) is 7.04. The molecule has 0 saturated carbocycles. The lowest BCUT2D eigenvalue weighted by Crippen LogP contribution is -2.49. The molecule has 2 heterocycles. The normalized spacial score (nSPS) is 17.8. The number of rotatable bonds is 7. The summed E-state index contributed by atoms with van der Waals surface area (Å²) in [5.41, 5.74) is 4.09. The summed E-state index contributed by atoms with van der Waals surface area (Å²) >= 11 is 0. The Morgan fingerprint density at radius 3 is 2.53 bits per heavy atom. The van der Waals surface area contributed by atoms with Crippen LogP contribution in [0, 0.1) is 12.3 Å². The number of terminal acetylenes is 1. The molecule has 7 nitrogen and oxygen atoms in total. The van der Waals surface area contributed by atoms with Crippen molar-refractivity contribution in [3.8, 4) is 12.3 Å². The van der Waals surface area contributed by atoms with E-state index in [9.17, 15) is 9.59 Å². The molecular weight excluding hydrogens is 476 g/mol. The number of fused-ring (bicyclic) bond motifs is 1. The molecule has 0 radical (unpaired) electrons. The Morgan fingerprint density at radius 1 is 0.947 bits per heavy atom. The SMILES string of the molecule is C#Cc1ccc2cccc(CNC(=O)N3CCC[C@H]3C(=O)NCc3ccc(CN4CCOCC4)cc3)c2c1. The lowest BCUT2D eigenvalue weighted by atomic mass is 10.0. The van der Waals surface area contributed by atoms with Crippen LogP contribution in [0.15, 0.2) is 60.7 Å². The zero-order valence-corrected chi connectivity index (χ0v) is 21.6. The van der Waals surface area contributed by atoms with Crippen LogP contribution in [0.4, 0.5) is 4.79 Å². The number of hydrogen-bond acceptors (Lipinski definition) is 4. The fourth-order valence-corrected chi connectivity index (χ4v) is 5.22. The van der Waals surface area contributed by atoms with Crippen molar-refractivity contribution in [3.63, 3.8) is 0 Å². The lowest BCUT2D eigenvalue weighted by molar-refractivity contribution is -0.124. The van der Waals surface area contributed by atoms with Gasteiger partial charge in [0.25, 0.3) is 0 Å². The highest BCUT2D eigenvalue weighted by atomic mass is 16.5. The number of amides is 3. The number of benzene rings is 3. The van der Waals surface area contributed by atoms with Gasteiger partial charge in [0.2, 0.25) is 5.91 Å². The Labute approximate surface area is 224 Å². The average Bonchev–Trinajstić information content (AvgIpc) is 3.46. The molecule has 2 saturated heterocycles. The Morgan fingerprint density at radius 2 is 1.74 bits per heavy atom. The summed E-state index contributed by atoms with van der Waals surface area (Å²) in [7, 11) is 0. The number of nitrogens with one attached hydrogen (secondary N) is 2. The van der Waals surface area contributed by atoms with Crippen LogP contribution < -0.4 is 10.6 Å². The first kappa shape index (κ1) is 25.8. The maximum absolute atomic E-state index is 13.1. The topological polar surface area (TPSA) is 73.9 Å². The summed E-state index contributed by atoms with van der Waals surface area (Å²) in [4.78, 5) is 30.1. The number of morpholine rings is 1. The lowest BCUT2D eigenvalue weighted by Gasteiger charge is -2.26. The van der Waals surface area contributed by atoms with Crippen LogP contribution in [0.25, 0.3) is 10.8 Å². The van der Waals surface area contributed by atoms with Crippen molar-refractivity contribution in [3.05, 3.63) is 82.9 Å². The van der Waals surface area contributed by atoms with Crippen molar-refractivity contribution in [2.75, 3.05) is 32.8 Å². The molecule has 5 rings (SSSR count). The zero-order chi connectivity index (χ0) is 26.3. The minimum atomic E-state index is -0.462. The van der Waals surface area contributed by atoms with E-state index in [1.54, 1.807) is 4.90 Å². The van der Waals surface area contributed by atoms with E-state index >= 15 is 0 Å². The van der Waals surface area contributed by atoms with Gasteiger partial charge in [-0.25, -0.2) is 4.79 Å². The van der Waals surface area contributed by atoms with E-state index in [0.717, 1.165) is 66.7 Å². The molecule has 0 bridgehead atoms. The molecule has 2 fully saturated rings. The Balaban J connectivity index is 1.14. The molecule has 0 aromatic heterocycles. The van der Waals surface area contributed by atoms with Crippen molar-refractivity contribution in [1.29, 1.82) is 0 Å². The van der Waals surface area contributed by atoms with Crippen molar-refractivity contribution < 1.29 is 14.3 Å². The van der Waals surface area contributed by atoms with Crippen LogP contribution in [0.3, 0.4) is 0 Å². The molecule has 196 valence electrons. The van der Waals surface area contributed by atoms with Crippen LogP contribution in [-0.2, 0) is 29.2 Å². The van der Waals surface area contributed by atoms with E-state index < -0.39 is 6.04 Å². The van der Waals surface area contributed by atoms with Crippen molar-refractivity contribution in [2.45, 2.75) is 38.5 Å². The number of nitrogens with zero attached hydrogens (tertiary/aromatic N) is 2. The summed E-state index contributed by atoms with van der Waals surface area (Å²) in [5.74, 6) is 2.56. The third-order valence-corrected chi connectivity index (χ3v) is 7.39. The minimum Gasteiger partial charge on any atom is -0.379 e. The summed E-state index contributed by atoms with van der Waals surface area (Å²) in [6.45, 7) is 5.77. The number of carbonyl (C=O) groups excluding carboxylic acids is 2. The largest absolute Gasteiger partial charge is 0.379 e. The van der Waals surface area contributed by atoms with Gasteiger partial charge in [-0.2, -0.15) is 0 Å². The Kier molecular flexibility index (Phi) is 8.22. The number of urea groups is 1. The Hall–Kier alpha value is -3.86. The van der Waals surface area contributed by atoms with Crippen LogP contribution in [0.5, 0.6) is 0 Å². The second-order valence-corrected chi connectivity index (χ2v) is 9.93. The molecule has 0 unspecified atom stereocenters. The highest BCUT2D eigenvalue weighted by Crippen LogP contribution is 2.22. The van der Waals surface area contributed by atoms with E-state index in [-0.39, 0.29) is 11.9 Å². The number of carbonyl (C=O) groups is 2. The van der Waals surface area contributed by atoms with Gasteiger partial charge in [0.05, 0.1) is 13.2 Å². The molecule has 3 amide bonds. The van der Waals surface area contributed by atoms with Gasteiger partial charge in [0.1, 0.15) is 6.04 Å². The van der Waals surface area contributed by atoms with Crippen LogP contribution in [-0.4, -0.2) is 60.6 Å². The van der Waals surface area contributed by atoms with Crippen LogP contribution >= 0.6 is 0 Å². The molecule has 38 heavy (non-hydrogen) atoms. The smallest absolute Gasteiger partial charge is 0.318 e. The number of ether oxygens (including phenoxy) is 1. The molecule has 2 aliphatic heterocycles. The molecule has 0 spiro atoms. The minimum absolute atomic E-state index is 0.112. The van der Waals surface area contributed by atoms with E-state index in [1.807, 2.05) is 36.4 Å². The van der Waals surface area contributed by atoms with Crippen molar-refractivity contribution in [2.24, 2.45) is 0 Å². The molecule has 2 aliphatic rings. The molecule has 3 aromatic carbocycles. The highest BCUT2D eigenvalue weighted by molar-refractivity contribution is 5.89. The second kappa shape index (κ2) is 12.1. The van der Waals surface area contributed by atoms with Crippen LogP contribution in [0.1, 0.15) is 35.1 Å². The molecule has 7 heteroatoms. The third-order valence-electron chi connectivity index (χ3n) is 7.39. The van der Waals surface area contributed by atoms with Gasteiger partial charge in [-0.15, -0.1) is 6.42 Å². The van der Waals surface area contributed by atoms with E-state index in [0.29, 0.717) is 26.1 Å². The molecular formula is C31H34N4O3. The van der Waals surface area contributed by atoms with Gasteiger partial charge in [0.15, 0.2) is 0 Å². The number of likely N-dealkylation sites (tertiary alicyclic amines) is 1. The number of hydrogen-bond donors (Lipinski definition) is 2. The first-order chi connectivity index (χ1) is 18.6. The van der Waals surface area contributed by atoms with E-state index in [2.05, 4.69) is 45.7 Å². The molecule has 0 aliphatic carbocycles. The van der Waals surface area contributed by atoms with Crippen molar-refractivity contribution in [1.82, 2.24) is 20.4 Å². The first-order valence-corrected chi connectivity index (χ1v) is 13.3. The van der Waals surface area contributed by atoms with E-state index in [4.69, 9.17) is 11.2 Å². The fraction of sp³-hybridized carbons (Fsp3) is 0.355. The summed E-state index contributed by atoms with van der Waals surface area (Å²) in [5, 5.41) is 8.14. The Bertz CT molecular complexity index is 1330. The molecule has 2 N–H and O–H groups in total. The predicted octanol–water partition coefficient (Wildman–Crippen LogP) is 3.64. The quantitative estimate of drug-likeness (QED) is 0.476. The maximum Gasteiger partial charge on any atom is 0.318 e. The van der Waals surface area contributed by atoms with Gasteiger partial charge in [-0.1, -0.05) is 54.5 Å². The van der Waals surface area contributed by atoms with E-state index in [1.165, 1.54) is 5.56 Å². The van der Waals surface area contributed by atoms with Gasteiger partial charge >= 0.3 is 6.03 Å². The van der Waals surface area contributed by atoms with Gasteiger partial charge in [-0.05, 0) is 52.4 Å². The van der Waals surface area contributed by atoms with Crippen LogP contribution in [0.2, 0.25) is 0 Å². The molecule has 1 atom stereocenters. The summed E-state index contributed by atoms with van der Waals surface area (Å²) < 4.78 is 5.42. The fourth-order valence-electron chi connectivity index (χ4n) is 5.22. The monoisotopic (exact) mass is 510 g/mol. The standard InChI is InChI=1S/C31H34N4O3/c1-2-23-12-13-26-5-3-6-27(28(26)19-23)21-33-31(37)35-14-4-7-29(35)30(36)32-20-24-8-10-25(11-9-24)22-34-15-17-38-18-16-34/h1,3,5-6,8-13,19,29H,4,7,14-18,20-22H2,(H,32,36)(H,33,37)/t29-/m0/s1. The molecule has 3 aromatic rings. The van der Waals surface area contributed by atoms with Crippen molar-refractivity contribution >= 4 is 22.7 Å². The maximum atomic E-state index is 13.1.